The zero-order valence-electron chi connectivity index (χ0n) is 12.1. The van der Waals surface area contributed by atoms with Gasteiger partial charge in [-0.05, 0) is 43.4 Å². The molecule has 2 aromatic carbocycles. The average Bonchev–Trinajstić information content (AvgIpc) is 2.48. The number of hydrogen-bond donors (Lipinski definition) is 1. The van der Waals surface area contributed by atoms with Crippen molar-refractivity contribution >= 4 is 0 Å². The minimum absolute atomic E-state index is 0.147. The Labute approximate surface area is 120 Å². The van der Waals surface area contributed by atoms with Gasteiger partial charge in [0.25, 0.3) is 0 Å². The Morgan fingerprint density at radius 1 is 1.15 bits per heavy atom. The van der Waals surface area contributed by atoms with Crippen LogP contribution in [0.3, 0.4) is 0 Å². The molecule has 2 nitrogen and oxygen atoms in total. The highest BCUT2D eigenvalue weighted by atomic mass is 16.5. The molecular weight excluding hydrogens is 246 g/mol. The zero-order valence-corrected chi connectivity index (χ0v) is 12.1. The molecule has 0 radical (unpaired) electrons. The van der Waals surface area contributed by atoms with Gasteiger partial charge in [0.1, 0.15) is 11.9 Å². The summed E-state index contributed by atoms with van der Waals surface area (Å²) >= 11 is 0. The van der Waals surface area contributed by atoms with E-state index in [4.69, 9.17) is 10.5 Å². The van der Waals surface area contributed by atoms with Crippen molar-refractivity contribution in [2.24, 2.45) is 5.73 Å². The summed E-state index contributed by atoms with van der Waals surface area (Å²) in [7, 11) is 0. The minimum atomic E-state index is 0.147. The van der Waals surface area contributed by atoms with E-state index in [1.165, 1.54) is 27.8 Å². The topological polar surface area (TPSA) is 35.2 Å². The van der Waals surface area contributed by atoms with Crippen LogP contribution in [0.5, 0.6) is 5.75 Å². The standard InChI is InChI=1S/C18H21NO/c1-12-6-7-13(2)17(10-12)16-5-3-4-14-8-9-15(11-19)20-18(14)16/h3-7,10,15H,8-9,11,19H2,1-2H3/t15-/m1/s1. The summed E-state index contributed by atoms with van der Waals surface area (Å²) in [4.78, 5) is 0. The molecule has 0 saturated carbocycles. The minimum Gasteiger partial charge on any atom is -0.488 e. The molecule has 2 aromatic rings. The van der Waals surface area contributed by atoms with Crippen LogP contribution in [-0.4, -0.2) is 12.6 Å². The van der Waals surface area contributed by atoms with Gasteiger partial charge in [-0.3, -0.25) is 0 Å². The molecule has 0 amide bonds. The third-order valence-electron chi connectivity index (χ3n) is 4.06. The van der Waals surface area contributed by atoms with E-state index in [9.17, 15) is 0 Å². The van der Waals surface area contributed by atoms with E-state index in [1.54, 1.807) is 0 Å². The Morgan fingerprint density at radius 2 is 2.00 bits per heavy atom. The Hall–Kier alpha value is -1.80. The lowest BCUT2D eigenvalue weighted by Crippen LogP contribution is -2.30. The fourth-order valence-corrected chi connectivity index (χ4v) is 2.87. The van der Waals surface area contributed by atoms with E-state index >= 15 is 0 Å². The highest BCUT2D eigenvalue weighted by Crippen LogP contribution is 2.39. The molecule has 0 fully saturated rings. The van der Waals surface area contributed by atoms with Crippen molar-refractivity contribution in [1.29, 1.82) is 0 Å². The van der Waals surface area contributed by atoms with Crippen LogP contribution in [0, 0.1) is 13.8 Å². The van der Waals surface area contributed by atoms with E-state index < -0.39 is 0 Å². The molecule has 0 bridgehead atoms. The monoisotopic (exact) mass is 267 g/mol. The zero-order chi connectivity index (χ0) is 14.1. The maximum atomic E-state index is 6.14. The van der Waals surface area contributed by atoms with Crippen molar-refractivity contribution in [3.63, 3.8) is 0 Å². The van der Waals surface area contributed by atoms with Gasteiger partial charge in [0.05, 0.1) is 0 Å². The fraction of sp³-hybridized carbons (Fsp3) is 0.333. The molecule has 1 atom stereocenters. The molecule has 2 N–H and O–H groups in total. The first-order valence-electron chi connectivity index (χ1n) is 7.25. The number of benzene rings is 2. The molecule has 0 saturated heterocycles. The molecule has 2 heteroatoms. The molecular formula is C18H21NO. The predicted octanol–water partition coefficient (Wildman–Crippen LogP) is 3.62. The van der Waals surface area contributed by atoms with Crippen molar-refractivity contribution < 1.29 is 4.74 Å². The van der Waals surface area contributed by atoms with Crippen molar-refractivity contribution in [2.75, 3.05) is 6.54 Å². The summed E-state index contributed by atoms with van der Waals surface area (Å²) in [6.07, 6.45) is 2.21. The Kier molecular flexibility index (Phi) is 3.49. The Bertz CT molecular complexity index is 633. The van der Waals surface area contributed by atoms with E-state index in [-0.39, 0.29) is 6.10 Å². The molecule has 1 heterocycles. The highest BCUT2D eigenvalue weighted by Gasteiger charge is 2.22. The molecule has 104 valence electrons. The third-order valence-corrected chi connectivity index (χ3v) is 4.06. The maximum Gasteiger partial charge on any atom is 0.130 e. The van der Waals surface area contributed by atoms with Crippen LogP contribution >= 0.6 is 0 Å². The lowest BCUT2D eigenvalue weighted by atomic mass is 9.93. The molecule has 1 aliphatic heterocycles. The summed E-state index contributed by atoms with van der Waals surface area (Å²) in [5.41, 5.74) is 12.1. The van der Waals surface area contributed by atoms with Crippen molar-refractivity contribution in [2.45, 2.75) is 32.8 Å². The van der Waals surface area contributed by atoms with E-state index in [0.717, 1.165) is 18.6 Å². The summed E-state index contributed by atoms with van der Waals surface area (Å²) in [5.74, 6) is 1.03. The molecule has 0 aliphatic carbocycles. The second-order valence-electron chi connectivity index (χ2n) is 5.63. The van der Waals surface area contributed by atoms with Gasteiger partial charge in [-0.1, -0.05) is 42.0 Å². The number of fused-ring (bicyclic) bond motifs is 1. The number of ether oxygens (including phenoxy) is 1. The molecule has 0 aromatic heterocycles. The van der Waals surface area contributed by atoms with Gasteiger partial charge in [-0.25, -0.2) is 0 Å². The van der Waals surface area contributed by atoms with Crippen LogP contribution in [0.1, 0.15) is 23.1 Å². The van der Waals surface area contributed by atoms with E-state index in [0.29, 0.717) is 6.54 Å². The van der Waals surface area contributed by atoms with Crippen molar-refractivity contribution in [3.8, 4) is 16.9 Å². The Balaban J connectivity index is 2.13. The van der Waals surface area contributed by atoms with Gasteiger partial charge >= 0.3 is 0 Å². The number of hydrogen-bond acceptors (Lipinski definition) is 2. The van der Waals surface area contributed by atoms with Gasteiger partial charge in [0.15, 0.2) is 0 Å². The molecule has 0 spiro atoms. The normalized spacial score (nSPS) is 17.4. The van der Waals surface area contributed by atoms with Gasteiger partial charge in [0, 0.05) is 12.1 Å². The largest absolute Gasteiger partial charge is 0.488 e. The van der Waals surface area contributed by atoms with Gasteiger partial charge in [0.2, 0.25) is 0 Å². The smallest absolute Gasteiger partial charge is 0.130 e. The molecule has 3 rings (SSSR count). The van der Waals surface area contributed by atoms with Crippen LogP contribution in [0.25, 0.3) is 11.1 Å². The highest BCUT2D eigenvalue weighted by molar-refractivity contribution is 5.75. The SMILES string of the molecule is Cc1ccc(C)c(-c2cccc3c2O[C@@H](CN)CC3)c1. The number of rotatable bonds is 2. The second kappa shape index (κ2) is 5.29. The number of para-hydroxylation sites is 1. The average molecular weight is 267 g/mol. The predicted molar refractivity (Wildman–Crippen MR) is 83.1 cm³/mol. The summed E-state index contributed by atoms with van der Waals surface area (Å²) < 4.78 is 6.14. The summed E-state index contributed by atoms with van der Waals surface area (Å²) in [6.45, 7) is 4.86. The van der Waals surface area contributed by atoms with Crippen molar-refractivity contribution in [3.05, 3.63) is 53.1 Å². The Morgan fingerprint density at radius 3 is 2.80 bits per heavy atom. The molecule has 20 heavy (non-hydrogen) atoms. The first kappa shape index (κ1) is 13.2. The molecule has 1 aliphatic rings. The van der Waals surface area contributed by atoms with Crippen LogP contribution in [-0.2, 0) is 6.42 Å². The van der Waals surface area contributed by atoms with Crippen LogP contribution in [0.15, 0.2) is 36.4 Å². The first-order chi connectivity index (χ1) is 9.69. The van der Waals surface area contributed by atoms with Crippen LogP contribution < -0.4 is 10.5 Å². The van der Waals surface area contributed by atoms with E-state index in [1.807, 2.05) is 0 Å². The van der Waals surface area contributed by atoms with Crippen LogP contribution in [0.4, 0.5) is 0 Å². The number of aryl methyl sites for hydroxylation is 3. The third kappa shape index (κ3) is 2.32. The lowest BCUT2D eigenvalue weighted by Gasteiger charge is -2.27. The summed E-state index contributed by atoms with van der Waals surface area (Å²) in [6, 6.07) is 13.0. The second-order valence-corrected chi connectivity index (χ2v) is 5.63. The maximum absolute atomic E-state index is 6.14. The van der Waals surface area contributed by atoms with Gasteiger partial charge in [-0.15, -0.1) is 0 Å². The number of nitrogens with two attached hydrogens (primary N) is 1. The van der Waals surface area contributed by atoms with Crippen molar-refractivity contribution in [1.82, 2.24) is 0 Å². The fourth-order valence-electron chi connectivity index (χ4n) is 2.87. The summed E-state index contributed by atoms with van der Waals surface area (Å²) in [5, 5.41) is 0. The van der Waals surface area contributed by atoms with Crippen LogP contribution in [0.2, 0.25) is 0 Å². The molecule has 0 unspecified atom stereocenters. The lowest BCUT2D eigenvalue weighted by molar-refractivity contribution is 0.182. The van der Waals surface area contributed by atoms with E-state index in [2.05, 4.69) is 50.2 Å². The van der Waals surface area contributed by atoms with Gasteiger partial charge < -0.3 is 10.5 Å². The first-order valence-corrected chi connectivity index (χ1v) is 7.25. The van der Waals surface area contributed by atoms with Gasteiger partial charge in [-0.2, -0.15) is 0 Å². The quantitative estimate of drug-likeness (QED) is 0.902.